The molecule has 2 aromatic carbocycles. The summed E-state index contributed by atoms with van der Waals surface area (Å²) >= 11 is 0. The molecular formula is C14H14KN3O4S. The zero-order valence-corrected chi connectivity index (χ0v) is 16.6. The zero-order chi connectivity index (χ0) is 15.6. The molecule has 0 N–H and O–H groups in total. The Balaban J connectivity index is 0.00000192. The average molecular weight is 359 g/mol. The third-order valence-electron chi connectivity index (χ3n) is 3.40. The summed E-state index contributed by atoms with van der Waals surface area (Å²) in [6.07, 6.45) is 0. The maximum absolute atomic E-state index is 11.3. The maximum atomic E-state index is 11.3. The second-order valence-corrected chi connectivity index (χ2v) is 6.19. The molecule has 0 saturated carbocycles. The number of ether oxygens (including phenoxy) is 1. The van der Waals surface area contributed by atoms with Crippen molar-refractivity contribution in [2.45, 2.75) is 4.90 Å². The molecule has 0 spiro atoms. The summed E-state index contributed by atoms with van der Waals surface area (Å²) in [5, 5.41) is 11.1. The predicted molar refractivity (Wildman–Crippen MR) is 78.8 cm³/mol. The van der Waals surface area contributed by atoms with Crippen molar-refractivity contribution in [3.63, 3.8) is 0 Å². The number of rotatable bonds is 3. The minimum Gasteiger partial charge on any atom is -0.744 e. The average Bonchev–Trinajstić information content (AvgIpc) is 2.52. The van der Waals surface area contributed by atoms with Crippen LogP contribution in [0.3, 0.4) is 0 Å². The first-order valence-corrected chi connectivity index (χ1v) is 8.18. The van der Waals surface area contributed by atoms with E-state index in [0.717, 1.165) is 0 Å². The van der Waals surface area contributed by atoms with Gasteiger partial charge in [-0.15, -0.1) is 5.11 Å². The van der Waals surface area contributed by atoms with E-state index >= 15 is 0 Å². The summed E-state index contributed by atoms with van der Waals surface area (Å²) in [6, 6.07) is 9.53. The second kappa shape index (κ2) is 8.12. The van der Waals surface area contributed by atoms with Gasteiger partial charge in [0.2, 0.25) is 0 Å². The van der Waals surface area contributed by atoms with Crippen LogP contribution in [-0.4, -0.2) is 44.3 Å². The molecule has 1 aliphatic rings. The Bertz CT molecular complexity index is 820. The number of hydrogen-bond donors (Lipinski definition) is 0. The van der Waals surface area contributed by atoms with Gasteiger partial charge in [-0.3, -0.25) is 5.01 Å². The Morgan fingerprint density at radius 3 is 2.35 bits per heavy atom. The monoisotopic (exact) mass is 359 g/mol. The predicted octanol–water partition coefficient (Wildman–Crippen LogP) is -0.921. The van der Waals surface area contributed by atoms with Crippen LogP contribution >= 0.6 is 0 Å². The van der Waals surface area contributed by atoms with E-state index in [1.165, 1.54) is 12.1 Å². The molecule has 0 bridgehead atoms. The van der Waals surface area contributed by atoms with Crippen LogP contribution in [0.5, 0.6) is 0 Å². The summed E-state index contributed by atoms with van der Waals surface area (Å²) < 4.78 is 39.2. The van der Waals surface area contributed by atoms with Gasteiger partial charge in [0.05, 0.1) is 36.9 Å². The summed E-state index contributed by atoms with van der Waals surface area (Å²) in [6.45, 7) is 2.53. The number of benzene rings is 2. The summed E-state index contributed by atoms with van der Waals surface area (Å²) in [4.78, 5) is -0.242. The molecule has 116 valence electrons. The van der Waals surface area contributed by atoms with E-state index in [1.807, 2.05) is 0 Å². The van der Waals surface area contributed by atoms with Crippen LogP contribution in [0.25, 0.3) is 10.8 Å². The molecule has 0 unspecified atom stereocenters. The van der Waals surface area contributed by atoms with E-state index in [-0.39, 0.29) is 56.3 Å². The fourth-order valence-electron chi connectivity index (χ4n) is 2.32. The van der Waals surface area contributed by atoms with Gasteiger partial charge in [-0.2, -0.15) is 0 Å². The van der Waals surface area contributed by atoms with Crippen molar-refractivity contribution in [3.8, 4) is 0 Å². The minimum absolute atomic E-state index is 0. The van der Waals surface area contributed by atoms with Gasteiger partial charge in [-0.05, 0) is 12.1 Å². The molecule has 2 aromatic rings. The molecule has 1 fully saturated rings. The van der Waals surface area contributed by atoms with E-state index in [9.17, 15) is 13.0 Å². The second-order valence-electron chi connectivity index (χ2n) is 4.84. The van der Waals surface area contributed by atoms with Gasteiger partial charge >= 0.3 is 51.4 Å². The Hall–Kier alpha value is -0.394. The molecule has 3 rings (SSSR count). The fourth-order valence-corrected chi connectivity index (χ4v) is 3.00. The molecule has 0 radical (unpaired) electrons. The number of morpholine rings is 1. The van der Waals surface area contributed by atoms with Crippen molar-refractivity contribution in [3.05, 3.63) is 36.4 Å². The van der Waals surface area contributed by atoms with E-state index in [2.05, 4.69) is 10.3 Å². The third-order valence-corrected chi connectivity index (χ3v) is 4.29. The fraction of sp³-hybridized carbons (Fsp3) is 0.286. The molecular weight excluding hydrogens is 345 g/mol. The number of fused-ring (bicyclic) bond motifs is 1. The van der Waals surface area contributed by atoms with Crippen molar-refractivity contribution in [2.24, 2.45) is 10.3 Å². The third kappa shape index (κ3) is 4.58. The first-order valence-electron chi connectivity index (χ1n) is 6.78. The minimum atomic E-state index is -4.53. The van der Waals surface area contributed by atoms with Crippen LogP contribution in [0.1, 0.15) is 0 Å². The van der Waals surface area contributed by atoms with Crippen LogP contribution in [0.15, 0.2) is 51.6 Å². The van der Waals surface area contributed by atoms with Gasteiger partial charge in [0.25, 0.3) is 0 Å². The van der Waals surface area contributed by atoms with Crippen molar-refractivity contribution in [2.75, 3.05) is 26.3 Å². The van der Waals surface area contributed by atoms with E-state index in [4.69, 9.17) is 4.74 Å². The normalized spacial score (nSPS) is 15.8. The first kappa shape index (κ1) is 18.9. The van der Waals surface area contributed by atoms with Crippen molar-refractivity contribution >= 4 is 26.6 Å². The van der Waals surface area contributed by atoms with Crippen molar-refractivity contribution in [1.29, 1.82) is 0 Å². The summed E-state index contributed by atoms with van der Waals surface area (Å²) in [5.41, 5.74) is 0.523. The van der Waals surface area contributed by atoms with Gasteiger partial charge in [0, 0.05) is 10.8 Å². The zero-order valence-electron chi connectivity index (χ0n) is 12.7. The van der Waals surface area contributed by atoms with E-state index in [1.54, 1.807) is 29.3 Å². The van der Waals surface area contributed by atoms with Crippen molar-refractivity contribution < 1.29 is 69.1 Å². The molecule has 0 atom stereocenters. The molecule has 23 heavy (non-hydrogen) atoms. The van der Waals surface area contributed by atoms with E-state index in [0.29, 0.717) is 42.8 Å². The van der Waals surface area contributed by atoms with Gasteiger partial charge in [-0.25, -0.2) is 8.42 Å². The summed E-state index contributed by atoms with van der Waals surface area (Å²) in [5.74, 6) is 0. The van der Waals surface area contributed by atoms with Crippen LogP contribution in [0.4, 0.5) is 5.69 Å². The number of hydrogen-bond acceptors (Lipinski definition) is 6. The molecule has 0 aliphatic carbocycles. The largest absolute Gasteiger partial charge is 1.00 e. The smallest absolute Gasteiger partial charge is 0.744 e. The molecule has 7 nitrogen and oxygen atoms in total. The summed E-state index contributed by atoms with van der Waals surface area (Å²) in [7, 11) is -4.53. The Morgan fingerprint density at radius 1 is 1.04 bits per heavy atom. The van der Waals surface area contributed by atoms with Gasteiger partial charge in [-0.1, -0.05) is 29.5 Å². The Labute approximate surface area is 176 Å². The van der Waals surface area contributed by atoms with Crippen LogP contribution in [-0.2, 0) is 14.9 Å². The maximum Gasteiger partial charge on any atom is 1.00 e. The van der Waals surface area contributed by atoms with Gasteiger partial charge in [0.15, 0.2) is 0 Å². The first-order chi connectivity index (χ1) is 10.6. The topological polar surface area (TPSA) is 94.4 Å². The van der Waals surface area contributed by atoms with E-state index < -0.39 is 10.1 Å². The van der Waals surface area contributed by atoms with Gasteiger partial charge < -0.3 is 9.29 Å². The van der Waals surface area contributed by atoms with Crippen LogP contribution in [0.2, 0.25) is 0 Å². The standard InChI is InChI=1S/C14H15N3O4S.K/c18-22(19,20)14-6-5-13(11-3-1-2-4-12(11)14)15-16-17-7-9-21-10-8-17;/h1-6H,7-10H2,(H,18,19,20);/q;+1/p-1. The van der Waals surface area contributed by atoms with Crippen LogP contribution in [0, 0.1) is 0 Å². The van der Waals surface area contributed by atoms with Crippen molar-refractivity contribution in [1.82, 2.24) is 5.01 Å². The molecule has 1 aliphatic heterocycles. The molecule has 9 heteroatoms. The SMILES string of the molecule is O=S(=O)([O-])c1ccc(N=NN2CCOCC2)c2ccccc12.[K+]. The molecule has 1 heterocycles. The number of nitrogens with zero attached hydrogens (tertiary/aromatic N) is 3. The molecule has 1 saturated heterocycles. The Morgan fingerprint density at radius 2 is 1.70 bits per heavy atom. The Kier molecular flexibility index (Phi) is 6.69. The van der Waals surface area contributed by atoms with Crippen LogP contribution < -0.4 is 51.4 Å². The molecule has 0 amide bonds. The van der Waals surface area contributed by atoms with Gasteiger partial charge in [0.1, 0.15) is 10.1 Å². The molecule has 0 aromatic heterocycles. The quantitative estimate of drug-likeness (QED) is 0.401.